The highest BCUT2D eigenvalue weighted by molar-refractivity contribution is 5.90. The van der Waals surface area contributed by atoms with Crippen molar-refractivity contribution in [3.05, 3.63) is 60.1 Å². The van der Waals surface area contributed by atoms with Gasteiger partial charge in [-0.05, 0) is 30.3 Å². The summed E-state index contributed by atoms with van der Waals surface area (Å²) in [6, 6.07) is 7.04. The number of halogens is 3. The van der Waals surface area contributed by atoms with Gasteiger partial charge in [0.2, 0.25) is 5.82 Å². The molecule has 0 aliphatic rings. The molecular weight excluding hydrogens is 367 g/mol. The van der Waals surface area contributed by atoms with E-state index in [1.807, 2.05) is 0 Å². The molecule has 11 heteroatoms. The number of aromatic nitrogens is 4. The smallest absolute Gasteiger partial charge is 0.433 e. The largest absolute Gasteiger partial charge is 0.467 e. The van der Waals surface area contributed by atoms with E-state index >= 15 is 0 Å². The molecule has 0 aromatic carbocycles. The highest BCUT2D eigenvalue weighted by Gasteiger charge is 2.36. The Morgan fingerprint density at radius 3 is 2.59 bits per heavy atom. The summed E-state index contributed by atoms with van der Waals surface area (Å²) in [6.07, 6.45) is -2.00. The lowest BCUT2D eigenvalue weighted by atomic mass is 10.2. The van der Waals surface area contributed by atoms with E-state index < -0.39 is 23.6 Å². The SMILES string of the molecule is O=C(NCc1ccco1)c1nc2nc(-c3ccco3)cc(C(F)(F)F)n2n1. The van der Waals surface area contributed by atoms with Crippen LogP contribution in [-0.4, -0.2) is 25.5 Å². The quantitative estimate of drug-likeness (QED) is 0.587. The van der Waals surface area contributed by atoms with E-state index in [4.69, 9.17) is 8.83 Å². The number of nitrogens with zero attached hydrogens (tertiary/aromatic N) is 4. The van der Waals surface area contributed by atoms with Gasteiger partial charge in [0.15, 0.2) is 11.5 Å². The molecule has 1 N–H and O–H groups in total. The maximum absolute atomic E-state index is 13.4. The summed E-state index contributed by atoms with van der Waals surface area (Å²) in [7, 11) is 0. The molecule has 4 aromatic rings. The van der Waals surface area contributed by atoms with Gasteiger partial charge in [-0.15, -0.1) is 5.10 Å². The Hall–Kier alpha value is -3.63. The average molecular weight is 377 g/mol. The van der Waals surface area contributed by atoms with Crippen molar-refractivity contribution in [2.75, 3.05) is 0 Å². The normalized spacial score (nSPS) is 11.8. The fourth-order valence-electron chi connectivity index (χ4n) is 2.38. The summed E-state index contributed by atoms with van der Waals surface area (Å²) in [6.45, 7) is 0.0403. The molecule has 0 radical (unpaired) electrons. The third-order valence-electron chi connectivity index (χ3n) is 3.58. The van der Waals surface area contributed by atoms with Crippen LogP contribution in [0.1, 0.15) is 22.1 Å². The van der Waals surface area contributed by atoms with E-state index in [1.54, 1.807) is 12.1 Å². The van der Waals surface area contributed by atoms with Gasteiger partial charge in [0.25, 0.3) is 11.7 Å². The zero-order valence-corrected chi connectivity index (χ0v) is 13.4. The molecule has 8 nitrogen and oxygen atoms in total. The lowest BCUT2D eigenvalue weighted by molar-refractivity contribution is -0.142. The van der Waals surface area contributed by atoms with Crippen molar-refractivity contribution in [3.63, 3.8) is 0 Å². The Morgan fingerprint density at radius 2 is 1.93 bits per heavy atom. The van der Waals surface area contributed by atoms with Crippen molar-refractivity contribution < 1.29 is 26.8 Å². The summed E-state index contributed by atoms with van der Waals surface area (Å²) in [5.41, 5.74) is -1.20. The Kier molecular flexibility index (Phi) is 3.90. The average Bonchev–Trinajstić information content (AvgIpc) is 3.38. The van der Waals surface area contributed by atoms with Crippen LogP contribution in [0.4, 0.5) is 13.2 Å². The summed E-state index contributed by atoms with van der Waals surface area (Å²) < 4.78 is 50.9. The number of carbonyl (C=O) groups is 1. The number of furan rings is 2. The number of fused-ring (bicyclic) bond motifs is 1. The third kappa shape index (κ3) is 3.26. The molecule has 138 valence electrons. The lowest BCUT2D eigenvalue weighted by Gasteiger charge is -2.09. The summed E-state index contributed by atoms with van der Waals surface area (Å²) in [5, 5.41) is 6.12. The van der Waals surface area contributed by atoms with Crippen molar-refractivity contribution in [2.45, 2.75) is 12.7 Å². The zero-order chi connectivity index (χ0) is 19.0. The molecule has 0 saturated heterocycles. The monoisotopic (exact) mass is 377 g/mol. The highest BCUT2D eigenvalue weighted by atomic mass is 19.4. The number of hydrogen-bond acceptors (Lipinski definition) is 6. The van der Waals surface area contributed by atoms with Gasteiger partial charge in [-0.3, -0.25) is 4.79 Å². The Labute approximate surface area is 148 Å². The Balaban J connectivity index is 1.73. The zero-order valence-electron chi connectivity index (χ0n) is 13.4. The first-order chi connectivity index (χ1) is 12.9. The Bertz CT molecular complexity index is 1080. The van der Waals surface area contributed by atoms with Crippen LogP contribution in [0.2, 0.25) is 0 Å². The standard InChI is InChI=1S/C16H10F3N5O3/c17-16(18,19)12-7-10(11-4-2-6-27-11)21-15-22-13(23-24(12)15)14(25)20-8-9-3-1-5-26-9/h1-7H,8H2,(H,20,25). The Morgan fingerprint density at radius 1 is 1.15 bits per heavy atom. The van der Waals surface area contributed by atoms with E-state index in [0.29, 0.717) is 10.3 Å². The number of hydrogen-bond donors (Lipinski definition) is 1. The number of rotatable bonds is 4. The molecule has 0 atom stereocenters. The van der Waals surface area contributed by atoms with E-state index in [0.717, 1.165) is 6.07 Å². The highest BCUT2D eigenvalue weighted by Crippen LogP contribution is 2.31. The summed E-state index contributed by atoms with van der Waals surface area (Å²) in [4.78, 5) is 20.0. The first-order valence-electron chi connectivity index (χ1n) is 7.61. The molecule has 0 spiro atoms. The van der Waals surface area contributed by atoms with Crippen molar-refractivity contribution in [3.8, 4) is 11.5 Å². The van der Waals surface area contributed by atoms with Crippen molar-refractivity contribution in [1.29, 1.82) is 0 Å². The second kappa shape index (κ2) is 6.27. The van der Waals surface area contributed by atoms with E-state index in [2.05, 4.69) is 20.4 Å². The molecule has 27 heavy (non-hydrogen) atoms. The minimum atomic E-state index is -4.74. The number of carbonyl (C=O) groups excluding carboxylic acids is 1. The summed E-state index contributed by atoms with van der Waals surface area (Å²) >= 11 is 0. The first-order valence-corrected chi connectivity index (χ1v) is 7.61. The van der Waals surface area contributed by atoms with Crippen LogP contribution in [0.5, 0.6) is 0 Å². The number of alkyl halides is 3. The van der Waals surface area contributed by atoms with Gasteiger partial charge in [0.05, 0.1) is 19.1 Å². The van der Waals surface area contributed by atoms with Crippen LogP contribution in [0.25, 0.3) is 17.2 Å². The van der Waals surface area contributed by atoms with Gasteiger partial charge >= 0.3 is 6.18 Å². The van der Waals surface area contributed by atoms with Crippen LogP contribution >= 0.6 is 0 Å². The second-order valence-corrected chi connectivity index (χ2v) is 5.41. The van der Waals surface area contributed by atoms with E-state index in [9.17, 15) is 18.0 Å². The molecule has 0 bridgehead atoms. The molecule has 0 aliphatic heterocycles. The van der Waals surface area contributed by atoms with Crippen LogP contribution in [-0.2, 0) is 12.7 Å². The van der Waals surface area contributed by atoms with Gasteiger partial charge in [-0.25, -0.2) is 4.98 Å². The van der Waals surface area contributed by atoms with E-state index in [1.165, 1.54) is 24.7 Å². The van der Waals surface area contributed by atoms with Crippen LogP contribution in [0.15, 0.2) is 51.7 Å². The van der Waals surface area contributed by atoms with Gasteiger partial charge in [-0.1, -0.05) is 0 Å². The van der Waals surface area contributed by atoms with Gasteiger partial charge in [0.1, 0.15) is 11.5 Å². The minimum absolute atomic E-state index is 0.0403. The lowest BCUT2D eigenvalue weighted by Crippen LogP contribution is -2.24. The van der Waals surface area contributed by atoms with Crippen molar-refractivity contribution in [2.24, 2.45) is 0 Å². The van der Waals surface area contributed by atoms with Gasteiger partial charge in [0, 0.05) is 0 Å². The van der Waals surface area contributed by atoms with Crippen LogP contribution < -0.4 is 5.32 Å². The molecule has 0 unspecified atom stereocenters. The number of amides is 1. The van der Waals surface area contributed by atoms with Crippen molar-refractivity contribution in [1.82, 2.24) is 24.9 Å². The molecule has 4 rings (SSSR count). The fraction of sp³-hybridized carbons (Fsp3) is 0.125. The third-order valence-corrected chi connectivity index (χ3v) is 3.58. The predicted octanol–water partition coefficient (Wildman–Crippen LogP) is 2.93. The molecule has 4 aromatic heterocycles. The van der Waals surface area contributed by atoms with E-state index in [-0.39, 0.29) is 23.8 Å². The minimum Gasteiger partial charge on any atom is -0.467 e. The maximum atomic E-state index is 13.4. The van der Waals surface area contributed by atoms with Gasteiger partial charge in [-0.2, -0.15) is 22.7 Å². The second-order valence-electron chi connectivity index (χ2n) is 5.41. The molecule has 0 fully saturated rings. The molecule has 0 saturated carbocycles. The van der Waals surface area contributed by atoms with Crippen molar-refractivity contribution >= 4 is 11.7 Å². The summed E-state index contributed by atoms with van der Waals surface area (Å²) in [5.74, 6) is -0.976. The molecule has 1 amide bonds. The van der Waals surface area contributed by atoms with Crippen LogP contribution in [0.3, 0.4) is 0 Å². The topological polar surface area (TPSA) is 98.5 Å². The van der Waals surface area contributed by atoms with Gasteiger partial charge < -0.3 is 14.2 Å². The predicted molar refractivity (Wildman–Crippen MR) is 83.4 cm³/mol. The fourth-order valence-corrected chi connectivity index (χ4v) is 2.38. The maximum Gasteiger partial charge on any atom is 0.433 e. The molecular formula is C16H10F3N5O3. The number of nitrogens with one attached hydrogen (secondary N) is 1. The van der Waals surface area contributed by atoms with Crippen LogP contribution in [0, 0.1) is 0 Å². The molecule has 0 aliphatic carbocycles. The first kappa shape index (κ1) is 16.8. The molecule has 4 heterocycles.